The van der Waals surface area contributed by atoms with Gasteiger partial charge in [-0.05, 0) is 66.5 Å². The van der Waals surface area contributed by atoms with Crippen molar-refractivity contribution in [3.8, 4) is 11.5 Å². The van der Waals surface area contributed by atoms with Gasteiger partial charge in [-0.1, -0.05) is 11.6 Å². The lowest BCUT2D eigenvalue weighted by atomic mass is 10.1. The van der Waals surface area contributed by atoms with Gasteiger partial charge in [0, 0.05) is 46.3 Å². The lowest BCUT2D eigenvalue weighted by Crippen LogP contribution is -2.26. The molecule has 1 amide bonds. The van der Waals surface area contributed by atoms with E-state index in [1.807, 2.05) is 36.0 Å². The number of thioether (sulfide) groups is 1. The van der Waals surface area contributed by atoms with Gasteiger partial charge >= 0.3 is 0 Å². The summed E-state index contributed by atoms with van der Waals surface area (Å²) in [5.74, 6) is 2.29. The van der Waals surface area contributed by atoms with Crippen LogP contribution in [0.3, 0.4) is 0 Å². The third-order valence-corrected chi connectivity index (χ3v) is 9.14. The van der Waals surface area contributed by atoms with Crippen LogP contribution < -0.4 is 19.5 Å². The van der Waals surface area contributed by atoms with Gasteiger partial charge in [0.05, 0.1) is 30.4 Å². The summed E-state index contributed by atoms with van der Waals surface area (Å²) in [7, 11) is -1.15. The fraction of sp³-hybridized carbons (Fsp3) is 0.240. The largest absolute Gasteiger partial charge is 0.493 e. The SMILES string of the molecule is COc1cc(NS(=O)(=O)c2ccc(Cl)cc2)c(C(=O)Nc2ccc(SN3CCSCC3)cc2)cc1OC. The fourth-order valence-electron chi connectivity index (χ4n) is 3.55. The van der Waals surface area contributed by atoms with Gasteiger partial charge in [-0.15, -0.1) is 0 Å². The van der Waals surface area contributed by atoms with Gasteiger partial charge in [0.25, 0.3) is 15.9 Å². The summed E-state index contributed by atoms with van der Waals surface area (Å²) in [6, 6.07) is 16.1. The van der Waals surface area contributed by atoms with Crippen molar-refractivity contribution >= 4 is 62.6 Å². The van der Waals surface area contributed by atoms with Crippen molar-refractivity contribution in [2.45, 2.75) is 9.79 Å². The van der Waals surface area contributed by atoms with Crippen LogP contribution in [-0.4, -0.2) is 57.4 Å². The molecule has 196 valence electrons. The maximum Gasteiger partial charge on any atom is 0.261 e. The van der Waals surface area contributed by atoms with Gasteiger partial charge < -0.3 is 14.8 Å². The Balaban J connectivity index is 1.57. The van der Waals surface area contributed by atoms with E-state index >= 15 is 0 Å². The molecule has 0 atom stereocenters. The summed E-state index contributed by atoms with van der Waals surface area (Å²) in [6.45, 7) is 2.06. The number of carbonyl (C=O) groups is 1. The number of nitrogens with one attached hydrogen (secondary N) is 2. The molecule has 1 fully saturated rings. The first kappa shape index (κ1) is 27.5. The van der Waals surface area contributed by atoms with Gasteiger partial charge in [0.2, 0.25) is 0 Å². The molecule has 37 heavy (non-hydrogen) atoms. The smallest absolute Gasteiger partial charge is 0.261 e. The Morgan fingerprint density at radius 2 is 1.59 bits per heavy atom. The van der Waals surface area contributed by atoms with Crippen molar-refractivity contribution in [3.63, 3.8) is 0 Å². The molecule has 0 radical (unpaired) electrons. The Bertz CT molecular complexity index is 1350. The van der Waals surface area contributed by atoms with E-state index in [1.165, 1.54) is 50.6 Å². The predicted octanol–water partition coefficient (Wildman–Crippen LogP) is 5.47. The van der Waals surface area contributed by atoms with E-state index in [-0.39, 0.29) is 27.6 Å². The monoisotopic (exact) mass is 579 g/mol. The number of methoxy groups -OCH3 is 2. The minimum absolute atomic E-state index is 0.00145. The summed E-state index contributed by atoms with van der Waals surface area (Å²) in [5.41, 5.74) is 0.685. The van der Waals surface area contributed by atoms with Crippen molar-refractivity contribution in [1.29, 1.82) is 0 Å². The summed E-state index contributed by atoms with van der Waals surface area (Å²) in [5, 5.41) is 3.24. The Morgan fingerprint density at radius 3 is 2.22 bits per heavy atom. The molecule has 12 heteroatoms. The molecule has 4 rings (SSSR count). The fourth-order valence-corrected chi connectivity index (χ4v) is 6.81. The van der Waals surface area contributed by atoms with Crippen LogP contribution in [0.2, 0.25) is 5.02 Å². The van der Waals surface area contributed by atoms with Crippen LogP contribution in [0.1, 0.15) is 10.4 Å². The highest BCUT2D eigenvalue weighted by Gasteiger charge is 2.22. The van der Waals surface area contributed by atoms with E-state index in [0.29, 0.717) is 10.7 Å². The van der Waals surface area contributed by atoms with Crippen molar-refractivity contribution in [2.75, 3.05) is 48.9 Å². The van der Waals surface area contributed by atoms with Crippen LogP contribution in [0.5, 0.6) is 11.5 Å². The van der Waals surface area contributed by atoms with E-state index in [2.05, 4.69) is 14.3 Å². The second-order valence-corrected chi connectivity index (χ2v) is 12.4. The molecule has 0 spiro atoms. The zero-order valence-electron chi connectivity index (χ0n) is 20.2. The van der Waals surface area contributed by atoms with Crippen LogP contribution >= 0.6 is 35.3 Å². The Labute approximate surface area is 230 Å². The lowest BCUT2D eigenvalue weighted by molar-refractivity contribution is 0.102. The number of carbonyl (C=O) groups excluding carboxylic acids is 1. The predicted molar refractivity (Wildman–Crippen MR) is 151 cm³/mol. The number of ether oxygens (including phenoxy) is 2. The van der Waals surface area contributed by atoms with E-state index in [1.54, 1.807) is 11.9 Å². The first-order valence-electron chi connectivity index (χ1n) is 11.3. The molecule has 8 nitrogen and oxygen atoms in total. The number of halogens is 1. The maximum atomic E-state index is 13.3. The third-order valence-electron chi connectivity index (χ3n) is 5.45. The number of benzene rings is 3. The topological polar surface area (TPSA) is 97.0 Å². The molecule has 2 N–H and O–H groups in total. The summed E-state index contributed by atoms with van der Waals surface area (Å²) in [4.78, 5) is 14.4. The molecule has 1 aliphatic rings. The second-order valence-electron chi connectivity index (χ2n) is 7.92. The minimum atomic E-state index is -4.02. The van der Waals surface area contributed by atoms with Crippen molar-refractivity contribution in [2.24, 2.45) is 0 Å². The molecule has 3 aromatic carbocycles. The number of sulfonamides is 1. The van der Waals surface area contributed by atoms with E-state index in [4.69, 9.17) is 21.1 Å². The molecule has 0 saturated carbocycles. The van der Waals surface area contributed by atoms with Gasteiger partial charge in [0.15, 0.2) is 11.5 Å². The van der Waals surface area contributed by atoms with Crippen LogP contribution in [0, 0.1) is 0 Å². The second kappa shape index (κ2) is 12.3. The zero-order chi connectivity index (χ0) is 26.4. The zero-order valence-corrected chi connectivity index (χ0v) is 23.4. The number of anilines is 2. The Kier molecular flexibility index (Phi) is 9.14. The highest BCUT2D eigenvalue weighted by Crippen LogP contribution is 2.35. The number of hydrogen-bond acceptors (Lipinski definition) is 8. The highest BCUT2D eigenvalue weighted by molar-refractivity contribution is 8.00. The first-order valence-corrected chi connectivity index (χ1v) is 15.0. The molecule has 0 bridgehead atoms. The summed E-state index contributed by atoms with van der Waals surface area (Å²) in [6.07, 6.45) is 0. The highest BCUT2D eigenvalue weighted by atomic mass is 35.5. The molecular formula is C25H26ClN3O5S3. The molecule has 1 saturated heterocycles. The number of rotatable bonds is 9. The molecule has 1 aliphatic heterocycles. The van der Waals surface area contributed by atoms with Crippen LogP contribution in [0.15, 0.2) is 70.5 Å². The molecule has 3 aromatic rings. The quantitative estimate of drug-likeness (QED) is 0.322. The van der Waals surface area contributed by atoms with Crippen molar-refractivity contribution in [3.05, 3.63) is 71.2 Å². The van der Waals surface area contributed by atoms with Gasteiger partial charge in [-0.2, -0.15) is 11.8 Å². The number of amides is 1. The van der Waals surface area contributed by atoms with E-state index in [9.17, 15) is 13.2 Å². The van der Waals surface area contributed by atoms with Gasteiger partial charge in [-0.25, -0.2) is 12.7 Å². The van der Waals surface area contributed by atoms with E-state index < -0.39 is 15.9 Å². The average molecular weight is 580 g/mol. The molecule has 0 aromatic heterocycles. The van der Waals surface area contributed by atoms with E-state index in [0.717, 1.165) is 29.5 Å². The minimum Gasteiger partial charge on any atom is -0.493 e. The van der Waals surface area contributed by atoms with Gasteiger partial charge in [-0.3, -0.25) is 9.52 Å². The lowest BCUT2D eigenvalue weighted by Gasteiger charge is -2.24. The standard InChI is InChI=1S/C25H26ClN3O5S3/c1-33-23-15-21(22(16-24(23)34-2)28-37(31,32)20-9-3-17(26)4-10-20)25(30)27-18-5-7-19(8-6-18)36-29-11-13-35-14-12-29/h3-10,15-16,28H,11-14H2,1-2H3,(H,27,30). The summed E-state index contributed by atoms with van der Waals surface area (Å²) >= 11 is 9.55. The molecule has 1 heterocycles. The molecule has 0 unspecified atom stereocenters. The molecule has 0 aliphatic carbocycles. The Morgan fingerprint density at radius 1 is 0.973 bits per heavy atom. The van der Waals surface area contributed by atoms with Crippen LogP contribution in [-0.2, 0) is 10.0 Å². The van der Waals surface area contributed by atoms with Crippen molar-refractivity contribution in [1.82, 2.24) is 4.31 Å². The normalized spacial score (nSPS) is 14.1. The summed E-state index contributed by atoms with van der Waals surface area (Å²) < 4.78 is 41.6. The van der Waals surface area contributed by atoms with Gasteiger partial charge in [0.1, 0.15) is 0 Å². The number of nitrogens with zero attached hydrogens (tertiary/aromatic N) is 1. The third kappa shape index (κ3) is 7.05. The molecular weight excluding hydrogens is 554 g/mol. The number of hydrogen-bond donors (Lipinski definition) is 2. The maximum absolute atomic E-state index is 13.3. The van der Waals surface area contributed by atoms with Crippen molar-refractivity contribution < 1.29 is 22.7 Å². The first-order chi connectivity index (χ1) is 17.8. The Hall–Kier alpha value is -2.57. The van der Waals surface area contributed by atoms with Crippen LogP contribution in [0.4, 0.5) is 11.4 Å². The van der Waals surface area contributed by atoms with Crippen LogP contribution in [0.25, 0.3) is 0 Å². The average Bonchev–Trinajstić information content (AvgIpc) is 2.90.